The molecule has 16 heavy (non-hydrogen) atoms. The molecule has 1 aromatic heterocycles. The van der Waals surface area contributed by atoms with E-state index in [4.69, 9.17) is 10.5 Å². The van der Waals surface area contributed by atoms with Crippen LogP contribution in [0.3, 0.4) is 0 Å². The first kappa shape index (κ1) is 12.6. The van der Waals surface area contributed by atoms with Crippen molar-refractivity contribution in [3.63, 3.8) is 0 Å². The molecule has 0 unspecified atom stereocenters. The van der Waals surface area contributed by atoms with Crippen LogP contribution in [0.5, 0.6) is 11.6 Å². The molecule has 4 nitrogen and oxygen atoms in total. The van der Waals surface area contributed by atoms with Crippen LogP contribution in [0.1, 0.15) is 11.3 Å². The first-order chi connectivity index (χ1) is 7.37. The predicted octanol–water partition coefficient (Wildman–Crippen LogP) is 1.76. The normalized spacial score (nSPS) is 11.4. The number of nitrogens with two attached hydrogens (primary N) is 1. The smallest absolute Gasteiger partial charge is 0.495 e. The molecule has 2 N–H and O–H groups in total. The lowest BCUT2D eigenvalue weighted by molar-refractivity contribution is -0.276. The van der Waals surface area contributed by atoms with Crippen molar-refractivity contribution in [1.82, 2.24) is 4.98 Å². The molecule has 0 fully saturated rings. The van der Waals surface area contributed by atoms with Crippen LogP contribution in [0.15, 0.2) is 6.07 Å². The summed E-state index contributed by atoms with van der Waals surface area (Å²) in [5.41, 5.74) is 6.06. The van der Waals surface area contributed by atoms with E-state index in [2.05, 4.69) is 9.72 Å². The number of halogens is 3. The van der Waals surface area contributed by atoms with Gasteiger partial charge in [-0.1, -0.05) is 0 Å². The molecule has 0 bridgehead atoms. The SMILES string of the molecule is COc1c(C)cc(OC(F)(F)F)nc1CN. The molecule has 0 amide bonds. The molecular formula is C9H11F3N2O2. The lowest BCUT2D eigenvalue weighted by Gasteiger charge is -2.13. The second-order valence-corrected chi connectivity index (χ2v) is 3.01. The minimum Gasteiger partial charge on any atom is -0.495 e. The summed E-state index contributed by atoms with van der Waals surface area (Å²) in [6.45, 7) is 1.56. The van der Waals surface area contributed by atoms with Crippen LogP contribution in [0.4, 0.5) is 13.2 Å². The van der Waals surface area contributed by atoms with E-state index < -0.39 is 12.2 Å². The van der Waals surface area contributed by atoms with Gasteiger partial charge in [0.2, 0.25) is 5.88 Å². The van der Waals surface area contributed by atoms with E-state index in [9.17, 15) is 13.2 Å². The Morgan fingerprint density at radius 3 is 2.50 bits per heavy atom. The van der Waals surface area contributed by atoms with Crippen LogP contribution in [0.2, 0.25) is 0 Å². The fourth-order valence-electron chi connectivity index (χ4n) is 1.28. The van der Waals surface area contributed by atoms with Crippen molar-refractivity contribution in [3.8, 4) is 11.6 Å². The zero-order valence-corrected chi connectivity index (χ0v) is 8.76. The van der Waals surface area contributed by atoms with Gasteiger partial charge in [0.25, 0.3) is 0 Å². The lowest BCUT2D eigenvalue weighted by Crippen LogP contribution is -2.19. The van der Waals surface area contributed by atoms with Gasteiger partial charge < -0.3 is 15.2 Å². The summed E-state index contributed by atoms with van der Waals surface area (Å²) in [4.78, 5) is 3.62. The highest BCUT2D eigenvalue weighted by molar-refractivity contribution is 5.39. The van der Waals surface area contributed by atoms with E-state index in [0.29, 0.717) is 11.3 Å². The summed E-state index contributed by atoms with van der Waals surface area (Å²) in [6, 6.07) is 1.14. The highest BCUT2D eigenvalue weighted by atomic mass is 19.4. The molecule has 0 saturated heterocycles. The van der Waals surface area contributed by atoms with Gasteiger partial charge in [0.05, 0.1) is 7.11 Å². The number of alkyl halides is 3. The highest BCUT2D eigenvalue weighted by Crippen LogP contribution is 2.28. The minimum absolute atomic E-state index is 0.0287. The number of rotatable bonds is 3. The van der Waals surface area contributed by atoms with Crippen molar-refractivity contribution in [3.05, 3.63) is 17.3 Å². The zero-order valence-electron chi connectivity index (χ0n) is 8.76. The Kier molecular flexibility index (Phi) is 3.58. The molecule has 0 radical (unpaired) electrons. The van der Waals surface area contributed by atoms with E-state index in [-0.39, 0.29) is 12.2 Å². The molecule has 0 saturated carbocycles. The van der Waals surface area contributed by atoms with E-state index in [1.807, 2.05) is 0 Å². The highest BCUT2D eigenvalue weighted by Gasteiger charge is 2.32. The molecule has 0 aliphatic rings. The Morgan fingerprint density at radius 1 is 1.44 bits per heavy atom. The van der Waals surface area contributed by atoms with Gasteiger partial charge in [0.1, 0.15) is 11.4 Å². The van der Waals surface area contributed by atoms with Crippen molar-refractivity contribution in [2.45, 2.75) is 19.8 Å². The number of hydrogen-bond acceptors (Lipinski definition) is 4. The second-order valence-electron chi connectivity index (χ2n) is 3.01. The van der Waals surface area contributed by atoms with Crippen LogP contribution >= 0.6 is 0 Å². The number of aromatic nitrogens is 1. The Hall–Kier alpha value is -1.50. The fraction of sp³-hybridized carbons (Fsp3) is 0.444. The van der Waals surface area contributed by atoms with Crippen molar-refractivity contribution in [2.75, 3.05) is 7.11 Å². The van der Waals surface area contributed by atoms with Gasteiger partial charge in [-0.2, -0.15) is 0 Å². The average Bonchev–Trinajstić information content (AvgIpc) is 2.14. The quantitative estimate of drug-likeness (QED) is 0.868. The van der Waals surface area contributed by atoms with E-state index >= 15 is 0 Å². The molecule has 90 valence electrons. The van der Waals surface area contributed by atoms with Gasteiger partial charge in [-0.15, -0.1) is 13.2 Å². The zero-order chi connectivity index (χ0) is 12.3. The third-order valence-corrected chi connectivity index (χ3v) is 1.82. The number of methoxy groups -OCH3 is 1. The molecule has 0 spiro atoms. The molecule has 0 aromatic carbocycles. The number of pyridine rings is 1. The van der Waals surface area contributed by atoms with Gasteiger partial charge in [-0.05, 0) is 12.5 Å². The van der Waals surface area contributed by atoms with Gasteiger partial charge >= 0.3 is 6.36 Å². The van der Waals surface area contributed by atoms with Crippen LogP contribution in [-0.2, 0) is 6.54 Å². The predicted molar refractivity (Wildman–Crippen MR) is 50.1 cm³/mol. The third-order valence-electron chi connectivity index (χ3n) is 1.82. The topological polar surface area (TPSA) is 57.4 Å². The van der Waals surface area contributed by atoms with Gasteiger partial charge in [-0.25, -0.2) is 4.98 Å². The maximum atomic E-state index is 12.0. The Balaban J connectivity index is 3.10. The molecule has 1 heterocycles. The maximum absolute atomic E-state index is 12.0. The van der Waals surface area contributed by atoms with Crippen molar-refractivity contribution in [2.24, 2.45) is 5.73 Å². The average molecular weight is 236 g/mol. The Bertz CT molecular complexity index is 380. The largest absolute Gasteiger partial charge is 0.574 e. The van der Waals surface area contributed by atoms with Crippen molar-refractivity contribution >= 4 is 0 Å². The van der Waals surface area contributed by atoms with Crippen LogP contribution < -0.4 is 15.2 Å². The number of nitrogens with zero attached hydrogens (tertiary/aromatic N) is 1. The summed E-state index contributed by atoms with van der Waals surface area (Å²) in [7, 11) is 1.40. The molecular weight excluding hydrogens is 225 g/mol. The number of aryl methyl sites for hydroxylation is 1. The van der Waals surface area contributed by atoms with Crippen LogP contribution in [0.25, 0.3) is 0 Å². The number of hydrogen-bond donors (Lipinski definition) is 1. The van der Waals surface area contributed by atoms with E-state index in [1.165, 1.54) is 7.11 Å². The summed E-state index contributed by atoms with van der Waals surface area (Å²) in [5.74, 6) is -0.164. The van der Waals surface area contributed by atoms with Gasteiger partial charge in [-0.3, -0.25) is 0 Å². The van der Waals surface area contributed by atoms with Crippen LogP contribution in [0, 0.1) is 6.92 Å². The molecule has 1 aromatic rings. The monoisotopic (exact) mass is 236 g/mol. The summed E-state index contributed by atoms with van der Waals surface area (Å²) in [5, 5.41) is 0. The fourth-order valence-corrected chi connectivity index (χ4v) is 1.28. The van der Waals surface area contributed by atoms with Gasteiger partial charge in [0.15, 0.2) is 0 Å². The van der Waals surface area contributed by atoms with Crippen molar-refractivity contribution < 1.29 is 22.6 Å². The molecule has 1 rings (SSSR count). The maximum Gasteiger partial charge on any atom is 0.574 e. The van der Waals surface area contributed by atoms with Gasteiger partial charge in [0, 0.05) is 12.6 Å². The summed E-state index contributed by atoms with van der Waals surface area (Å²) < 4.78 is 44.6. The standard InChI is InChI=1S/C9H11F3N2O2/c1-5-3-7(16-9(10,11)12)14-6(4-13)8(5)15-2/h3H,4,13H2,1-2H3. The molecule has 7 heteroatoms. The molecule has 0 atom stereocenters. The number of ether oxygens (including phenoxy) is 2. The van der Waals surface area contributed by atoms with E-state index in [1.54, 1.807) is 6.92 Å². The molecule has 0 aliphatic heterocycles. The summed E-state index contributed by atoms with van der Waals surface area (Å²) >= 11 is 0. The summed E-state index contributed by atoms with van der Waals surface area (Å²) in [6.07, 6.45) is -4.76. The van der Waals surface area contributed by atoms with E-state index in [0.717, 1.165) is 6.07 Å². The Morgan fingerprint density at radius 2 is 2.06 bits per heavy atom. The first-order valence-electron chi connectivity index (χ1n) is 4.37. The van der Waals surface area contributed by atoms with Crippen molar-refractivity contribution in [1.29, 1.82) is 0 Å². The second kappa shape index (κ2) is 4.56. The first-order valence-corrected chi connectivity index (χ1v) is 4.37. The lowest BCUT2D eigenvalue weighted by atomic mass is 10.2. The Labute approximate surface area is 90.2 Å². The van der Waals surface area contributed by atoms with Crippen LogP contribution in [-0.4, -0.2) is 18.5 Å². The molecule has 0 aliphatic carbocycles. The minimum atomic E-state index is -4.76. The third kappa shape index (κ3) is 2.99.